The standard InChI is InChI=1S/C56H38N6/c1-37-18-14-15-27-44(37)42-30-32-46-45-28-16-17-29-50(45)62(52(46)35-42)51-33-31-43(55-57-48(38-19-6-2-7-20-38)36-49(58-55)39-21-8-3-9-22-39)34-47(51)56-60-53(40-23-10-4-11-24-40)59-54(61-56)41-25-12-5-13-26-41/h2-36H,1H3. The molecule has 0 amide bonds. The zero-order valence-electron chi connectivity index (χ0n) is 33.9. The summed E-state index contributed by atoms with van der Waals surface area (Å²) in [5.41, 5.74) is 13.8. The molecule has 6 heteroatoms. The van der Waals surface area contributed by atoms with E-state index in [0.717, 1.165) is 77.8 Å². The molecule has 0 aliphatic carbocycles. The lowest BCUT2D eigenvalue weighted by atomic mass is 9.99. The Morgan fingerprint density at radius 3 is 1.40 bits per heavy atom. The number of fused-ring (bicyclic) bond motifs is 3. The van der Waals surface area contributed by atoms with Crippen molar-refractivity contribution in [3.05, 3.63) is 218 Å². The van der Waals surface area contributed by atoms with Crippen molar-refractivity contribution in [3.63, 3.8) is 0 Å². The second-order valence-electron chi connectivity index (χ2n) is 15.4. The van der Waals surface area contributed by atoms with Crippen molar-refractivity contribution in [2.75, 3.05) is 0 Å². The van der Waals surface area contributed by atoms with Crippen LogP contribution >= 0.6 is 0 Å². The van der Waals surface area contributed by atoms with Crippen LogP contribution in [0.2, 0.25) is 0 Å². The molecule has 11 rings (SSSR count). The van der Waals surface area contributed by atoms with E-state index in [4.69, 9.17) is 24.9 Å². The van der Waals surface area contributed by atoms with Crippen LogP contribution < -0.4 is 0 Å². The smallest absolute Gasteiger partial charge is 0.166 e. The fourth-order valence-electron chi connectivity index (χ4n) is 8.36. The molecule has 0 radical (unpaired) electrons. The van der Waals surface area contributed by atoms with Crippen molar-refractivity contribution in [1.82, 2.24) is 29.5 Å². The van der Waals surface area contributed by atoms with Crippen molar-refractivity contribution >= 4 is 21.8 Å². The predicted octanol–water partition coefficient (Wildman–Crippen LogP) is 13.7. The molecule has 3 heterocycles. The molecule has 292 valence electrons. The summed E-state index contributed by atoms with van der Waals surface area (Å²) < 4.78 is 2.36. The number of para-hydroxylation sites is 1. The molecular weight excluding hydrogens is 757 g/mol. The zero-order chi connectivity index (χ0) is 41.4. The molecule has 0 aliphatic heterocycles. The molecule has 11 aromatic rings. The fraction of sp³-hybridized carbons (Fsp3) is 0.0179. The van der Waals surface area contributed by atoms with Crippen LogP contribution in [0, 0.1) is 6.92 Å². The summed E-state index contributed by atoms with van der Waals surface area (Å²) in [7, 11) is 0. The van der Waals surface area contributed by atoms with Crippen LogP contribution in [0.3, 0.4) is 0 Å². The number of aromatic nitrogens is 6. The monoisotopic (exact) mass is 794 g/mol. The quantitative estimate of drug-likeness (QED) is 0.153. The average Bonchev–Trinajstić information content (AvgIpc) is 3.68. The average molecular weight is 795 g/mol. The minimum atomic E-state index is 0.540. The largest absolute Gasteiger partial charge is 0.308 e. The second-order valence-corrected chi connectivity index (χ2v) is 15.4. The lowest BCUT2D eigenvalue weighted by molar-refractivity contribution is 1.06. The molecule has 0 bridgehead atoms. The summed E-state index contributed by atoms with van der Waals surface area (Å²) in [5.74, 6) is 2.31. The molecule has 0 spiro atoms. The van der Waals surface area contributed by atoms with Gasteiger partial charge in [-0.15, -0.1) is 0 Å². The molecule has 0 saturated carbocycles. The minimum absolute atomic E-state index is 0.540. The Bertz CT molecular complexity index is 3280. The maximum absolute atomic E-state index is 5.30. The highest BCUT2D eigenvalue weighted by Crippen LogP contribution is 2.40. The van der Waals surface area contributed by atoms with E-state index >= 15 is 0 Å². The van der Waals surface area contributed by atoms with Crippen LogP contribution in [0.15, 0.2) is 212 Å². The topological polar surface area (TPSA) is 69.4 Å². The summed E-state index contributed by atoms with van der Waals surface area (Å²) >= 11 is 0. The third-order valence-corrected chi connectivity index (χ3v) is 11.4. The van der Waals surface area contributed by atoms with E-state index in [9.17, 15) is 0 Å². The van der Waals surface area contributed by atoms with E-state index in [1.165, 1.54) is 11.1 Å². The van der Waals surface area contributed by atoms with E-state index in [0.29, 0.717) is 23.3 Å². The fourth-order valence-corrected chi connectivity index (χ4v) is 8.36. The Labute approximate surface area is 359 Å². The van der Waals surface area contributed by atoms with Gasteiger partial charge in [0, 0.05) is 44.2 Å². The van der Waals surface area contributed by atoms with Crippen molar-refractivity contribution in [2.24, 2.45) is 0 Å². The molecule has 0 N–H and O–H groups in total. The highest BCUT2D eigenvalue weighted by atomic mass is 15.1. The van der Waals surface area contributed by atoms with Gasteiger partial charge in [0.1, 0.15) is 0 Å². The Morgan fingerprint density at radius 2 is 0.790 bits per heavy atom. The number of hydrogen-bond donors (Lipinski definition) is 0. The van der Waals surface area contributed by atoms with Gasteiger partial charge in [0.25, 0.3) is 0 Å². The molecule has 3 aromatic heterocycles. The molecule has 6 nitrogen and oxygen atoms in total. The molecule has 0 saturated heterocycles. The first-order valence-electron chi connectivity index (χ1n) is 20.8. The van der Waals surface area contributed by atoms with Crippen molar-refractivity contribution in [3.8, 4) is 84.9 Å². The zero-order valence-corrected chi connectivity index (χ0v) is 33.9. The second kappa shape index (κ2) is 15.7. The van der Waals surface area contributed by atoms with Gasteiger partial charge in [-0.2, -0.15) is 0 Å². The van der Waals surface area contributed by atoms with E-state index in [-0.39, 0.29) is 0 Å². The van der Waals surface area contributed by atoms with Gasteiger partial charge in [-0.05, 0) is 60.0 Å². The Kier molecular flexibility index (Phi) is 9.28. The number of aryl methyl sites for hydroxylation is 1. The van der Waals surface area contributed by atoms with E-state index < -0.39 is 0 Å². The molecule has 8 aromatic carbocycles. The minimum Gasteiger partial charge on any atom is -0.308 e. The van der Waals surface area contributed by atoms with Crippen LogP contribution in [0.1, 0.15) is 5.56 Å². The summed E-state index contributed by atoms with van der Waals surface area (Å²) in [6.45, 7) is 2.17. The maximum atomic E-state index is 5.30. The van der Waals surface area contributed by atoms with Gasteiger partial charge in [0.05, 0.1) is 28.1 Å². The number of nitrogens with zero attached hydrogens (tertiary/aromatic N) is 6. The lowest BCUT2D eigenvalue weighted by Gasteiger charge is -2.17. The third-order valence-electron chi connectivity index (χ3n) is 11.4. The Balaban J connectivity index is 1.21. The van der Waals surface area contributed by atoms with Crippen LogP contribution in [0.25, 0.3) is 107 Å². The highest BCUT2D eigenvalue weighted by Gasteiger charge is 2.22. The van der Waals surface area contributed by atoms with E-state index in [1.54, 1.807) is 0 Å². The van der Waals surface area contributed by atoms with E-state index in [2.05, 4.69) is 127 Å². The van der Waals surface area contributed by atoms with Gasteiger partial charge in [-0.25, -0.2) is 24.9 Å². The molecule has 0 fully saturated rings. The van der Waals surface area contributed by atoms with E-state index in [1.807, 2.05) is 97.1 Å². The SMILES string of the molecule is Cc1ccccc1-c1ccc2c3ccccc3n(-c3ccc(-c4nc(-c5ccccc5)cc(-c5ccccc5)n4)cc3-c3nc(-c4ccccc4)nc(-c4ccccc4)n3)c2c1. The van der Waals surface area contributed by atoms with Gasteiger partial charge >= 0.3 is 0 Å². The normalized spacial score (nSPS) is 11.3. The number of benzene rings is 8. The highest BCUT2D eigenvalue weighted by molar-refractivity contribution is 6.10. The lowest BCUT2D eigenvalue weighted by Crippen LogP contribution is -2.04. The van der Waals surface area contributed by atoms with Crippen LogP contribution in [-0.2, 0) is 0 Å². The van der Waals surface area contributed by atoms with Crippen molar-refractivity contribution in [2.45, 2.75) is 6.92 Å². The number of hydrogen-bond acceptors (Lipinski definition) is 5. The summed E-state index contributed by atoms with van der Waals surface area (Å²) in [4.78, 5) is 26.1. The van der Waals surface area contributed by atoms with Gasteiger partial charge in [0.2, 0.25) is 0 Å². The molecule has 0 atom stereocenters. The van der Waals surface area contributed by atoms with Gasteiger partial charge in [-0.1, -0.05) is 176 Å². The molecule has 0 aliphatic rings. The third kappa shape index (κ3) is 6.79. The summed E-state index contributed by atoms with van der Waals surface area (Å²) in [6, 6.07) is 73.3. The first kappa shape index (κ1) is 36.7. The first-order valence-corrected chi connectivity index (χ1v) is 20.8. The molecular formula is C56H38N6. The van der Waals surface area contributed by atoms with Gasteiger partial charge in [0.15, 0.2) is 23.3 Å². The Hall–Kier alpha value is -8.35. The molecule has 0 unspecified atom stereocenters. The number of rotatable bonds is 8. The molecule has 62 heavy (non-hydrogen) atoms. The predicted molar refractivity (Wildman–Crippen MR) is 253 cm³/mol. The van der Waals surface area contributed by atoms with Crippen LogP contribution in [-0.4, -0.2) is 29.5 Å². The van der Waals surface area contributed by atoms with Crippen LogP contribution in [0.4, 0.5) is 0 Å². The Morgan fingerprint density at radius 1 is 0.306 bits per heavy atom. The van der Waals surface area contributed by atoms with Gasteiger partial charge in [-0.3, -0.25) is 0 Å². The first-order chi connectivity index (χ1) is 30.6. The van der Waals surface area contributed by atoms with Crippen molar-refractivity contribution < 1.29 is 0 Å². The van der Waals surface area contributed by atoms with Crippen LogP contribution in [0.5, 0.6) is 0 Å². The summed E-state index contributed by atoms with van der Waals surface area (Å²) in [5, 5.41) is 2.32. The van der Waals surface area contributed by atoms with Gasteiger partial charge < -0.3 is 4.57 Å². The maximum Gasteiger partial charge on any atom is 0.166 e. The summed E-state index contributed by atoms with van der Waals surface area (Å²) in [6.07, 6.45) is 0. The van der Waals surface area contributed by atoms with Crippen molar-refractivity contribution in [1.29, 1.82) is 0 Å².